The third kappa shape index (κ3) is 3.93. The van der Waals surface area contributed by atoms with Crippen molar-refractivity contribution in [2.45, 2.75) is 0 Å². The highest BCUT2D eigenvalue weighted by molar-refractivity contribution is 7.13. The number of carbonyl (C=O) groups is 2. The molecule has 0 bridgehead atoms. The summed E-state index contributed by atoms with van der Waals surface area (Å²) in [5.41, 5.74) is 0.151. The number of benzene rings is 1. The van der Waals surface area contributed by atoms with Crippen LogP contribution in [0.3, 0.4) is 0 Å². The van der Waals surface area contributed by atoms with Crippen molar-refractivity contribution in [3.8, 4) is 0 Å². The number of amides is 1. The van der Waals surface area contributed by atoms with Crippen LogP contribution in [0.15, 0.2) is 29.8 Å². The Bertz CT molecular complexity index is 632. The van der Waals surface area contributed by atoms with Crippen LogP contribution in [0.2, 0.25) is 10.0 Å². The van der Waals surface area contributed by atoms with Crippen molar-refractivity contribution in [3.63, 3.8) is 0 Å². The zero-order valence-corrected chi connectivity index (χ0v) is 12.3. The van der Waals surface area contributed by atoms with Gasteiger partial charge in [-0.3, -0.25) is 10.1 Å². The lowest BCUT2D eigenvalue weighted by atomic mass is 10.2. The zero-order valence-electron chi connectivity index (χ0n) is 9.93. The quantitative estimate of drug-likeness (QED) is 0.874. The van der Waals surface area contributed by atoms with Gasteiger partial charge in [-0.25, -0.2) is 9.78 Å². The van der Waals surface area contributed by atoms with E-state index in [0.717, 1.165) is 0 Å². The van der Waals surface area contributed by atoms with Crippen molar-refractivity contribution in [2.75, 3.05) is 11.9 Å². The Balaban J connectivity index is 1.90. The molecule has 0 saturated carbocycles. The fourth-order valence-corrected chi connectivity index (χ4v) is 2.34. The number of carbonyl (C=O) groups excluding carboxylic acids is 2. The Morgan fingerprint density at radius 1 is 1.35 bits per heavy atom. The van der Waals surface area contributed by atoms with Crippen LogP contribution in [-0.4, -0.2) is 23.5 Å². The SMILES string of the molecule is O=C(COC(=O)c1ccc(Cl)cc1Cl)Nc1nccs1. The maximum Gasteiger partial charge on any atom is 0.340 e. The predicted octanol–water partition coefficient (Wildman–Crippen LogP) is 3.25. The van der Waals surface area contributed by atoms with Gasteiger partial charge in [0.25, 0.3) is 5.91 Å². The van der Waals surface area contributed by atoms with Gasteiger partial charge < -0.3 is 4.74 Å². The second-order valence-electron chi connectivity index (χ2n) is 3.59. The van der Waals surface area contributed by atoms with Gasteiger partial charge in [-0.15, -0.1) is 11.3 Å². The minimum absolute atomic E-state index is 0.151. The Labute approximate surface area is 128 Å². The highest BCUT2D eigenvalue weighted by Crippen LogP contribution is 2.21. The number of nitrogens with one attached hydrogen (secondary N) is 1. The summed E-state index contributed by atoms with van der Waals surface area (Å²) < 4.78 is 4.86. The fraction of sp³-hybridized carbons (Fsp3) is 0.0833. The van der Waals surface area contributed by atoms with Crippen LogP contribution in [0.1, 0.15) is 10.4 Å². The molecule has 8 heteroatoms. The number of anilines is 1. The molecule has 2 aromatic rings. The molecule has 0 aliphatic rings. The molecule has 1 aromatic heterocycles. The smallest absolute Gasteiger partial charge is 0.340 e. The first kappa shape index (κ1) is 14.8. The lowest BCUT2D eigenvalue weighted by molar-refractivity contribution is -0.119. The molecular weight excluding hydrogens is 323 g/mol. The Morgan fingerprint density at radius 3 is 2.80 bits per heavy atom. The minimum atomic E-state index is -0.694. The maximum absolute atomic E-state index is 11.7. The van der Waals surface area contributed by atoms with E-state index in [4.69, 9.17) is 27.9 Å². The van der Waals surface area contributed by atoms with Gasteiger partial charge >= 0.3 is 5.97 Å². The van der Waals surface area contributed by atoms with E-state index in [9.17, 15) is 9.59 Å². The van der Waals surface area contributed by atoms with Crippen LogP contribution in [0.25, 0.3) is 0 Å². The van der Waals surface area contributed by atoms with Gasteiger partial charge in [0.05, 0.1) is 10.6 Å². The number of nitrogens with zero attached hydrogens (tertiary/aromatic N) is 1. The van der Waals surface area contributed by atoms with E-state index in [1.165, 1.54) is 29.5 Å². The molecule has 1 amide bonds. The molecule has 5 nitrogen and oxygen atoms in total. The molecule has 1 aromatic carbocycles. The number of halogens is 2. The predicted molar refractivity (Wildman–Crippen MR) is 77.5 cm³/mol. The topological polar surface area (TPSA) is 68.3 Å². The summed E-state index contributed by atoms with van der Waals surface area (Å²) in [6.07, 6.45) is 1.56. The second-order valence-corrected chi connectivity index (χ2v) is 5.32. The first-order valence-electron chi connectivity index (χ1n) is 5.38. The number of thiazole rings is 1. The lowest BCUT2D eigenvalue weighted by Gasteiger charge is -2.06. The summed E-state index contributed by atoms with van der Waals surface area (Å²) in [7, 11) is 0. The van der Waals surface area contributed by atoms with Crippen LogP contribution < -0.4 is 5.32 Å². The van der Waals surface area contributed by atoms with Crippen molar-refractivity contribution in [1.29, 1.82) is 0 Å². The molecule has 20 heavy (non-hydrogen) atoms. The van der Waals surface area contributed by atoms with Gasteiger partial charge in [0, 0.05) is 16.6 Å². The maximum atomic E-state index is 11.7. The number of hydrogen-bond donors (Lipinski definition) is 1. The van der Waals surface area contributed by atoms with Crippen molar-refractivity contribution >= 4 is 51.5 Å². The number of ether oxygens (including phenoxy) is 1. The third-order valence-electron chi connectivity index (χ3n) is 2.16. The third-order valence-corrected chi connectivity index (χ3v) is 3.40. The van der Waals surface area contributed by atoms with E-state index < -0.39 is 18.5 Å². The van der Waals surface area contributed by atoms with Crippen LogP contribution >= 0.6 is 34.5 Å². The number of hydrogen-bond acceptors (Lipinski definition) is 5. The summed E-state index contributed by atoms with van der Waals surface area (Å²) in [6, 6.07) is 4.38. The average Bonchev–Trinajstić information content (AvgIpc) is 2.89. The molecule has 0 aliphatic heterocycles. The molecule has 1 N–H and O–H groups in total. The fourth-order valence-electron chi connectivity index (χ4n) is 1.30. The first-order chi connectivity index (χ1) is 9.56. The molecule has 0 fully saturated rings. The van der Waals surface area contributed by atoms with Gasteiger partial charge in [0.2, 0.25) is 0 Å². The lowest BCUT2D eigenvalue weighted by Crippen LogP contribution is -2.20. The number of rotatable bonds is 4. The summed E-state index contributed by atoms with van der Waals surface area (Å²) in [5.74, 6) is -1.17. The summed E-state index contributed by atoms with van der Waals surface area (Å²) >= 11 is 12.8. The first-order valence-corrected chi connectivity index (χ1v) is 7.01. The average molecular weight is 331 g/mol. The van der Waals surface area contributed by atoms with E-state index in [-0.39, 0.29) is 10.6 Å². The zero-order chi connectivity index (χ0) is 14.5. The van der Waals surface area contributed by atoms with Crippen molar-refractivity contribution < 1.29 is 14.3 Å². The molecule has 0 atom stereocenters. The Hall–Kier alpha value is -1.63. The molecule has 1 heterocycles. The van der Waals surface area contributed by atoms with Gasteiger partial charge in [0.1, 0.15) is 0 Å². The van der Waals surface area contributed by atoms with Gasteiger partial charge in [-0.05, 0) is 18.2 Å². The Kier molecular flexibility index (Phi) is 4.94. The van der Waals surface area contributed by atoms with E-state index >= 15 is 0 Å². The summed E-state index contributed by atoms with van der Waals surface area (Å²) in [6.45, 7) is -0.419. The summed E-state index contributed by atoms with van der Waals surface area (Å²) in [4.78, 5) is 27.1. The van der Waals surface area contributed by atoms with E-state index in [1.807, 2.05) is 0 Å². The number of esters is 1. The van der Waals surface area contributed by atoms with E-state index in [0.29, 0.717) is 10.2 Å². The standard InChI is InChI=1S/C12H8Cl2N2O3S/c13-7-1-2-8(9(14)5-7)11(18)19-6-10(17)16-12-15-3-4-20-12/h1-5H,6H2,(H,15,16,17). The van der Waals surface area contributed by atoms with Gasteiger partial charge in [-0.2, -0.15) is 0 Å². The van der Waals surface area contributed by atoms with Crippen LogP contribution in [0.5, 0.6) is 0 Å². The van der Waals surface area contributed by atoms with Gasteiger partial charge in [-0.1, -0.05) is 23.2 Å². The highest BCUT2D eigenvalue weighted by atomic mass is 35.5. The van der Waals surface area contributed by atoms with Crippen molar-refractivity contribution in [2.24, 2.45) is 0 Å². The normalized spacial score (nSPS) is 10.1. The molecule has 0 unspecified atom stereocenters. The van der Waals surface area contributed by atoms with Crippen LogP contribution in [0.4, 0.5) is 5.13 Å². The van der Waals surface area contributed by atoms with Crippen molar-refractivity contribution in [3.05, 3.63) is 45.4 Å². The van der Waals surface area contributed by atoms with Gasteiger partial charge in [0.15, 0.2) is 11.7 Å². The molecule has 104 valence electrons. The molecule has 2 rings (SSSR count). The molecule has 0 aliphatic carbocycles. The van der Waals surface area contributed by atoms with Crippen molar-refractivity contribution in [1.82, 2.24) is 4.98 Å². The molecule has 0 radical (unpaired) electrons. The molecule has 0 saturated heterocycles. The minimum Gasteiger partial charge on any atom is -0.452 e. The van der Waals surface area contributed by atoms with Crippen LogP contribution in [0, 0.1) is 0 Å². The molecular formula is C12H8Cl2N2O3S. The number of aromatic nitrogens is 1. The highest BCUT2D eigenvalue weighted by Gasteiger charge is 2.14. The Morgan fingerprint density at radius 2 is 2.15 bits per heavy atom. The molecule has 0 spiro atoms. The van der Waals surface area contributed by atoms with E-state index in [2.05, 4.69) is 10.3 Å². The second kappa shape index (κ2) is 6.69. The largest absolute Gasteiger partial charge is 0.452 e. The van der Waals surface area contributed by atoms with Crippen LogP contribution in [-0.2, 0) is 9.53 Å². The monoisotopic (exact) mass is 330 g/mol. The summed E-state index contributed by atoms with van der Waals surface area (Å²) in [5, 5.41) is 5.23. The van der Waals surface area contributed by atoms with E-state index in [1.54, 1.807) is 11.6 Å².